The fourth-order valence-corrected chi connectivity index (χ4v) is 18.3. The van der Waals surface area contributed by atoms with Crippen LogP contribution in [-0.2, 0) is 0 Å². The molecule has 0 saturated carbocycles. The van der Waals surface area contributed by atoms with E-state index in [1.807, 2.05) is 0 Å². The molecule has 6 saturated heterocycles. The summed E-state index contributed by atoms with van der Waals surface area (Å²) in [6.07, 6.45) is 57.7. The van der Waals surface area contributed by atoms with E-state index in [0.29, 0.717) is 0 Å². The van der Waals surface area contributed by atoms with Gasteiger partial charge in [0.15, 0.2) is 0 Å². The van der Waals surface area contributed by atoms with Crippen LogP contribution in [0.15, 0.2) is 0 Å². The maximum atomic E-state index is 2.42. The minimum Gasteiger partial charge on any atom is -0.324 e. The van der Waals surface area contributed by atoms with Gasteiger partial charge in [-0.15, -0.1) is 0 Å². The first-order chi connectivity index (χ1) is 36.8. The first-order valence-corrected chi connectivity index (χ1v) is 35.9. The van der Waals surface area contributed by atoms with Gasteiger partial charge < -0.3 is 26.9 Å². The fourth-order valence-electron chi connectivity index (χ4n) is 18.3. The molecule has 4 atom stereocenters. The Labute approximate surface area is 471 Å². The zero-order chi connectivity index (χ0) is 52.7. The highest BCUT2D eigenvalue weighted by Crippen LogP contribution is 2.34. The third-order valence-corrected chi connectivity index (χ3v) is 23.1. The Morgan fingerprint density at radius 2 is 0.413 bits per heavy atom. The Bertz CT molecular complexity index is 1410. The lowest BCUT2D eigenvalue weighted by Crippen LogP contribution is -2.49. The maximum Gasteiger partial charge on any atom is 0.0817 e. The van der Waals surface area contributed by atoms with Crippen molar-refractivity contribution in [3.8, 4) is 0 Å². The molecule has 6 rings (SSSR count). The molecular formula is C69H140N6+6. The Morgan fingerprint density at radius 3 is 0.667 bits per heavy atom. The number of nitrogens with zero attached hydrogens (tertiary/aromatic N) is 6. The van der Waals surface area contributed by atoms with Crippen LogP contribution in [-0.4, -0.2) is 184 Å². The van der Waals surface area contributed by atoms with Crippen molar-refractivity contribution in [1.82, 2.24) is 0 Å². The molecule has 6 aliphatic heterocycles. The fraction of sp³-hybridized carbons (Fsp3) is 1.00. The van der Waals surface area contributed by atoms with E-state index in [2.05, 4.69) is 27.7 Å². The summed E-state index contributed by atoms with van der Waals surface area (Å²) in [4.78, 5) is 0. The zero-order valence-electron chi connectivity index (χ0n) is 52.4. The summed E-state index contributed by atoms with van der Waals surface area (Å²) in [6.45, 7) is 45.5. The molecular weight excluding hydrogens is 913 g/mol. The van der Waals surface area contributed by atoms with Crippen LogP contribution in [0.5, 0.6) is 0 Å². The molecule has 0 spiro atoms. The van der Waals surface area contributed by atoms with Gasteiger partial charge in [-0.1, -0.05) is 66.2 Å². The zero-order valence-corrected chi connectivity index (χ0v) is 52.4. The van der Waals surface area contributed by atoms with Crippen molar-refractivity contribution >= 4 is 0 Å². The first-order valence-electron chi connectivity index (χ1n) is 35.9. The standard InChI is InChI=1S/C69H140N6/c1-5-9-20-44-70(51-30-31-52-70)46-24-13-14-25-47-72(55-34-35-56-72)48-26-15-18-40-68-42-64-74(66-68,60-22-11-7-3)62-29-17-28-50-73(57-36-37-58-73)49-27-16-19-41-69-43-65-75(67-69,61-23-12-8-4)63-39-38-59-71(45-21-10-6-2)53-32-33-54-71/h68-69H,5-67H2,1-4H3/q+6. The van der Waals surface area contributed by atoms with E-state index in [4.69, 9.17) is 0 Å². The lowest BCUT2D eigenvalue weighted by Gasteiger charge is -2.37. The quantitative estimate of drug-likeness (QED) is 0.0421. The van der Waals surface area contributed by atoms with Crippen molar-refractivity contribution in [2.75, 3.05) is 157 Å². The average Bonchev–Trinajstić information content (AvgIpc) is 4.30. The van der Waals surface area contributed by atoms with Gasteiger partial charge in [0.25, 0.3) is 0 Å². The van der Waals surface area contributed by atoms with Crippen LogP contribution < -0.4 is 0 Å². The summed E-state index contributed by atoms with van der Waals surface area (Å²) >= 11 is 0. The van der Waals surface area contributed by atoms with Gasteiger partial charge >= 0.3 is 0 Å². The Balaban J connectivity index is 0.826. The molecule has 75 heavy (non-hydrogen) atoms. The number of quaternary nitrogens is 6. The molecule has 0 aromatic heterocycles. The lowest BCUT2D eigenvalue weighted by atomic mass is 10.00. The SMILES string of the molecule is CCCCC[N+]1(CCCCCC[N+]2(CCCCCC3CC[N+](CCCCC)(CCCCC[N+]4(CCCCCC5CC[N+](CCCCC)(CCCC[N+]6(CCCCC)CCCC6)C5)CCCC4)C3)CCCC2)CCCC1. The van der Waals surface area contributed by atoms with Gasteiger partial charge in [-0.05, 0) is 135 Å². The monoisotopic (exact) mass is 1050 g/mol. The van der Waals surface area contributed by atoms with Crippen molar-refractivity contribution in [2.24, 2.45) is 11.8 Å². The van der Waals surface area contributed by atoms with Crippen LogP contribution in [0.1, 0.15) is 278 Å². The van der Waals surface area contributed by atoms with Crippen LogP contribution in [0.4, 0.5) is 0 Å². The third-order valence-electron chi connectivity index (χ3n) is 23.1. The van der Waals surface area contributed by atoms with Crippen molar-refractivity contribution in [3.63, 3.8) is 0 Å². The van der Waals surface area contributed by atoms with Gasteiger partial charge in [0, 0.05) is 88.9 Å². The van der Waals surface area contributed by atoms with Crippen LogP contribution in [0.25, 0.3) is 0 Å². The highest BCUT2D eigenvalue weighted by Gasteiger charge is 2.40. The van der Waals surface area contributed by atoms with Gasteiger partial charge in [-0.25, -0.2) is 0 Å². The smallest absolute Gasteiger partial charge is 0.0817 e. The minimum atomic E-state index is 1.01. The molecule has 0 aliphatic carbocycles. The van der Waals surface area contributed by atoms with E-state index in [9.17, 15) is 0 Å². The number of hydrogen-bond acceptors (Lipinski definition) is 0. The Hall–Kier alpha value is -0.240. The van der Waals surface area contributed by atoms with E-state index in [1.165, 1.54) is 434 Å². The highest BCUT2D eigenvalue weighted by molar-refractivity contribution is 4.71. The maximum absolute atomic E-state index is 2.42. The van der Waals surface area contributed by atoms with Gasteiger partial charge in [-0.2, -0.15) is 0 Å². The minimum absolute atomic E-state index is 1.01. The summed E-state index contributed by atoms with van der Waals surface area (Å²) in [7, 11) is 0. The molecule has 6 heteroatoms. The highest BCUT2D eigenvalue weighted by atomic mass is 15.4. The number of hydrogen-bond donors (Lipinski definition) is 0. The van der Waals surface area contributed by atoms with Gasteiger partial charge in [-0.3, -0.25) is 0 Å². The van der Waals surface area contributed by atoms with Crippen LogP contribution in [0, 0.1) is 11.8 Å². The topological polar surface area (TPSA) is 0 Å². The van der Waals surface area contributed by atoms with Crippen LogP contribution in [0.3, 0.4) is 0 Å². The van der Waals surface area contributed by atoms with E-state index >= 15 is 0 Å². The van der Waals surface area contributed by atoms with Crippen LogP contribution >= 0.6 is 0 Å². The molecule has 0 aromatic carbocycles. The largest absolute Gasteiger partial charge is 0.324 e. The molecule has 0 N–H and O–H groups in total. The molecule has 6 fully saturated rings. The van der Waals surface area contributed by atoms with Crippen molar-refractivity contribution in [1.29, 1.82) is 0 Å². The molecule has 4 unspecified atom stereocenters. The van der Waals surface area contributed by atoms with Crippen molar-refractivity contribution in [3.05, 3.63) is 0 Å². The molecule has 0 radical (unpaired) electrons. The summed E-state index contributed by atoms with van der Waals surface area (Å²) < 4.78 is 8.97. The molecule has 0 aromatic rings. The molecule has 0 bridgehead atoms. The van der Waals surface area contributed by atoms with Gasteiger partial charge in [0.05, 0.1) is 157 Å². The normalized spacial score (nSPS) is 26.9. The van der Waals surface area contributed by atoms with Crippen LogP contribution in [0.2, 0.25) is 0 Å². The summed E-state index contributed by atoms with van der Waals surface area (Å²) in [6, 6.07) is 0. The number of likely N-dealkylation sites (tertiary alicyclic amines) is 6. The van der Waals surface area contributed by atoms with Crippen molar-refractivity contribution < 1.29 is 26.9 Å². The van der Waals surface area contributed by atoms with E-state index < -0.39 is 0 Å². The first kappa shape index (κ1) is 63.9. The second-order valence-corrected chi connectivity index (χ2v) is 29.2. The number of rotatable bonds is 46. The third kappa shape index (κ3) is 22.6. The predicted octanol–water partition coefficient (Wildman–Crippen LogP) is 16.5. The molecule has 6 nitrogen and oxygen atoms in total. The summed E-state index contributed by atoms with van der Waals surface area (Å²) in [5, 5.41) is 0. The number of unbranched alkanes of at least 4 members (excludes halogenated alkanes) is 18. The molecule has 6 aliphatic rings. The van der Waals surface area contributed by atoms with Gasteiger partial charge in [0.2, 0.25) is 0 Å². The molecule has 6 heterocycles. The Kier molecular flexibility index (Phi) is 30.3. The second-order valence-electron chi connectivity index (χ2n) is 29.2. The van der Waals surface area contributed by atoms with Gasteiger partial charge in [0.1, 0.15) is 0 Å². The van der Waals surface area contributed by atoms with E-state index in [0.717, 1.165) is 11.8 Å². The summed E-state index contributed by atoms with van der Waals surface area (Å²) in [5.74, 6) is 2.02. The van der Waals surface area contributed by atoms with Crippen molar-refractivity contribution in [2.45, 2.75) is 278 Å². The Morgan fingerprint density at radius 1 is 0.213 bits per heavy atom. The average molecular weight is 1050 g/mol. The van der Waals surface area contributed by atoms with E-state index in [-0.39, 0.29) is 0 Å². The summed E-state index contributed by atoms with van der Waals surface area (Å²) in [5.41, 5.74) is 0. The second kappa shape index (κ2) is 35.6. The molecule has 0 amide bonds. The molecule has 440 valence electrons. The lowest BCUT2D eigenvalue weighted by molar-refractivity contribution is -0.923. The predicted molar refractivity (Wildman–Crippen MR) is 328 cm³/mol. The van der Waals surface area contributed by atoms with E-state index in [1.54, 1.807) is 0 Å².